The standard InChI is InChI=1S/C14H28N2O/c1-3-17-11-12(2)16-8-6-14(7-9-16)15-10-13-4-5-13/h12-15H,3-11H2,1-2H3. The molecule has 2 rings (SSSR count). The highest BCUT2D eigenvalue weighted by atomic mass is 16.5. The summed E-state index contributed by atoms with van der Waals surface area (Å²) in [6.45, 7) is 9.81. The summed E-state index contributed by atoms with van der Waals surface area (Å²) < 4.78 is 5.51. The molecule has 1 saturated carbocycles. The lowest BCUT2D eigenvalue weighted by molar-refractivity contribution is 0.0586. The zero-order valence-corrected chi connectivity index (χ0v) is 11.5. The molecule has 1 heterocycles. The number of piperidine rings is 1. The number of ether oxygens (including phenoxy) is 1. The molecule has 1 aliphatic heterocycles. The van der Waals surface area contributed by atoms with Gasteiger partial charge >= 0.3 is 0 Å². The molecule has 0 bridgehead atoms. The van der Waals surface area contributed by atoms with Crippen LogP contribution in [0.2, 0.25) is 0 Å². The van der Waals surface area contributed by atoms with Crippen LogP contribution in [0.4, 0.5) is 0 Å². The van der Waals surface area contributed by atoms with Crippen molar-refractivity contribution in [3.05, 3.63) is 0 Å². The fraction of sp³-hybridized carbons (Fsp3) is 1.00. The predicted octanol–water partition coefficient (Wildman–Crippen LogP) is 1.88. The van der Waals surface area contributed by atoms with Gasteiger partial charge < -0.3 is 10.1 Å². The molecule has 0 aromatic carbocycles. The normalized spacial score (nSPS) is 25.1. The van der Waals surface area contributed by atoms with E-state index in [0.29, 0.717) is 6.04 Å². The third-order valence-corrected chi connectivity index (χ3v) is 4.11. The quantitative estimate of drug-likeness (QED) is 0.735. The van der Waals surface area contributed by atoms with Crippen molar-refractivity contribution in [1.82, 2.24) is 10.2 Å². The second kappa shape index (κ2) is 6.72. The molecule has 0 amide bonds. The molecular formula is C14H28N2O. The summed E-state index contributed by atoms with van der Waals surface area (Å²) in [6, 6.07) is 1.35. The summed E-state index contributed by atoms with van der Waals surface area (Å²) in [5.41, 5.74) is 0. The molecule has 1 N–H and O–H groups in total. The Labute approximate surface area is 106 Å². The highest BCUT2D eigenvalue weighted by Gasteiger charge is 2.25. The average molecular weight is 240 g/mol. The Morgan fingerprint density at radius 2 is 1.94 bits per heavy atom. The Balaban J connectivity index is 1.59. The van der Waals surface area contributed by atoms with E-state index in [4.69, 9.17) is 4.74 Å². The Morgan fingerprint density at radius 3 is 2.53 bits per heavy atom. The van der Waals surface area contributed by atoms with Crippen LogP contribution >= 0.6 is 0 Å². The van der Waals surface area contributed by atoms with E-state index in [-0.39, 0.29) is 0 Å². The summed E-state index contributed by atoms with van der Waals surface area (Å²) in [7, 11) is 0. The molecule has 1 aliphatic carbocycles. The molecule has 2 fully saturated rings. The molecule has 1 unspecified atom stereocenters. The van der Waals surface area contributed by atoms with Crippen LogP contribution in [0.3, 0.4) is 0 Å². The minimum absolute atomic E-state index is 0.583. The third-order valence-electron chi connectivity index (χ3n) is 4.11. The van der Waals surface area contributed by atoms with Gasteiger partial charge in [-0.25, -0.2) is 0 Å². The fourth-order valence-corrected chi connectivity index (χ4v) is 2.59. The molecule has 3 nitrogen and oxygen atoms in total. The monoisotopic (exact) mass is 240 g/mol. The number of hydrogen-bond acceptors (Lipinski definition) is 3. The van der Waals surface area contributed by atoms with Gasteiger partial charge in [0, 0.05) is 18.7 Å². The van der Waals surface area contributed by atoms with Gasteiger partial charge in [0.15, 0.2) is 0 Å². The maximum absolute atomic E-state index is 5.51. The van der Waals surface area contributed by atoms with Crippen LogP contribution in [-0.2, 0) is 4.74 Å². The van der Waals surface area contributed by atoms with Crippen molar-refractivity contribution in [3.8, 4) is 0 Å². The molecule has 100 valence electrons. The largest absolute Gasteiger partial charge is 0.380 e. The molecule has 3 heteroatoms. The van der Waals surface area contributed by atoms with Gasteiger partial charge in [0.05, 0.1) is 6.61 Å². The van der Waals surface area contributed by atoms with Gasteiger partial charge in [0.25, 0.3) is 0 Å². The molecule has 0 aromatic rings. The average Bonchev–Trinajstić information content (AvgIpc) is 3.18. The highest BCUT2D eigenvalue weighted by molar-refractivity contribution is 4.83. The lowest BCUT2D eigenvalue weighted by Crippen LogP contribution is -2.47. The van der Waals surface area contributed by atoms with Crippen LogP contribution in [0.25, 0.3) is 0 Å². The Morgan fingerprint density at radius 1 is 1.24 bits per heavy atom. The van der Waals surface area contributed by atoms with Gasteiger partial charge in [-0.15, -0.1) is 0 Å². The van der Waals surface area contributed by atoms with Crippen molar-refractivity contribution in [1.29, 1.82) is 0 Å². The number of nitrogens with one attached hydrogen (secondary N) is 1. The van der Waals surface area contributed by atoms with Crippen LogP contribution in [0, 0.1) is 5.92 Å². The van der Waals surface area contributed by atoms with E-state index in [9.17, 15) is 0 Å². The zero-order chi connectivity index (χ0) is 12.1. The van der Waals surface area contributed by atoms with Gasteiger partial charge in [0.2, 0.25) is 0 Å². The van der Waals surface area contributed by atoms with Crippen molar-refractivity contribution in [2.75, 3.05) is 32.8 Å². The van der Waals surface area contributed by atoms with Gasteiger partial charge in [-0.3, -0.25) is 4.90 Å². The van der Waals surface area contributed by atoms with Crippen molar-refractivity contribution in [2.45, 2.75) is 51.6 Å². The number of rotatable bonds is 7. The lowest BCUT2D eigenvalue weighted by Gasteiger charge is -2.36. The van der Waals surface area contributed by atoms with Crippen LogP contribution in [-0.4, -0.2) is 49.8 Å². The van der Waals surface area contributed by atoms with Gasteiger partial charge in [0.1, 0.15) is 0 Å². The highest BCUT2D eigenvalue weighted by Crippen LogP contribution is 2.28. The fourth-order valence-electron chi connectivity index (χ4n) is 2.59. The van der Waals surface area contributed by atoms with Gasteiger partial charge in [-0.05, 0) is 65.1 Å². The van der Waals surface area contributed by atoms with Crippen LogP contribution in [0.1, 0.15) is 39.5 Å². The summed E-state index contributed by atoms with van der Waals surface area (Å²) in [4.78, 5) is 2.57. The Bertz CT molecular complexity index is 210. The van der Waals surface area contributed by atoms with Crippen molar-refractivity contribution < 1.29 is 4.74 Å². The lowest BCUT2D eigenvalue weighted by atomic mass is 10.0. The van der Waals surface area contributed by atoms with Crippen molar-refractivity contribution in [3.63, 3.8) is 0 Å². The summed E-state index contributed by atoms with van der Waals surface area (Å²) in [5.74, 6) is 1.00. The van der Waals surface area contributed by atoms with Crippen molar-refractivity contribution >= 4 is 0 Å². The Kier molecular flexibility index (Phi) is 5.26. The summed E-state index contributed by atoms with van der Waals surface area (Å²) >= 11 is 0. The number of likely N-dealkylation sites (tertiary alicyclic amines) is 1. The smallest absolute Gasteiger partial charge is 0.0618 e. The van der Waals surface area contributed by atoms with Crippen LogP contribution in [0.15, 0.2) is 0 Å². The first-order valence-corrected chi connectivity index (χ1v) is 7.34. The van der Waals surface area contributed by atoms with Crippen molar-refractivity contribution in [2.24, 2.45) is 5.92 Å². The predicted molar refractivity (Wildman–Crippen MR) is 71.3 cm³/mol. The van der Waals surface area contributed by atoms with Gasteiger partial charge in [-0.2, -0.15) is 0 Å². The summed E-state index contributed by atoms with van der Waals surface area (Å²) in [6.07, 6.45) is 5.53. The molecule has 1 atom stereocenters. The van der Waals surface area contributed by atoms with E-state index in [1.807, 2.05) is 0 Å². The minimum atomic E-state index is 0.583. The molecular weight excluding hydrogens is 212 g/mol. The van der Waals surface area contributed by atoms with E-state index in [1.165, 1.54) is 45.3 Å². The molecule has 0 spiro atoms. The molecule has 0 aromatic heterocycles. The van der Waals surface area contributed by atoms with E-state index in [0.717, 1.165) is 25.2 Å². The van der Waals surface area contributed by atoms with E-state index < -0.39 is 0 Å². The Hall–Kier alpha value is -0.120. The molecule has 0 radical (unpaired) electrons. The number of nitrogens with zero attached hydrogens (tertiary/aromatic N) is 1. The van der Waals surface area contributed by atoms with Gasteiger partial charge in [-0.1, -0.05) is 0 Å². The van der Waals surface area contributed by atoms with Crippen LogP contribution < -0.4 is 5.32 Å². The molecule has 1 saturated heterocycles. The SMILES string of the molecule is CCOCC(C)N1CCC(NCC2CC2)CC1. The molecule has 2 aliphatic rings. The second-order valence-corrected chi connectivity index (χ2v) is 5.67. The first kappa shape index (κ1) is 13.3. The van der Waals surface area contributed by atoms with E-state index in [1.54, 1.807) is 0 Å². The molecule has 17 heavy (non-hydrogen) atoms. The van der Waals surface area contributed by atoms with E-state index >= 15 is 0 Å². The van der Waals surface area contributed by atoms with E-state index in [2.05, 4.69) is 24.1 Å². The first-order chi connectivity index (χ1) is 8.29. The topological polar surface area (TPSA) is 24.5 Å². The maximum atomic E-state index is 5.51. The zero-order valence-electron chi connectivity index (χ0n) is 11.5. The first-order valence-electron chi connectivity index (χ1n) is 7.34. The summed E-state index contributed by atoms with van der Waals surface area (Å²) in [5, 5.41) is 3.73. The second-order valence-electron chi connectivity index (χ2n) is 5.67. The van der Waals surface area contributed by atoms with Crippen LogP contribution in [0.5, 0.6) is 0 Å². The maximum Gasteiger partial charge on any atom is 0.0618 e. The minimum Gasteiger partial charge on any atom is -0.380 e. The third kappa shape index (κ3) is 4.57. The number of hydrogen-bond donors (Lipinski definition) is 1.